The molecule has 1 aromatic rings. The largest absolute Gasteiger partial charge is 0.497 e. The molecule has 0 amide bonds. The molecule has 0 aromatic heterocycles. The minimum atomic E-state index is -3.61. The van der Waals surface area contributed by atoms with E-state index in [0.717, 1.165) is 0 Å². The Labute approximate surface area is 136 Å². The summed E-state index contributed by atoms with van der Waals surface area (Å²) in [5.74, 6) is 0.114. The molecule has 23 heavy (non-hydrogen) atoms. The van der Waals surface area contributed by atoms with Gasteiger partial charge in [0.15, 0.2) is 0 Å². The molecule has 130 valence electrons. The normalized spacial score (nSPS) is 12.7. The Bertz CT molecular complexity index is 588. The highest BCUT2D eigenvalue weighted by Gasteiger charge is 2.14. The van der Waals surface area contributed by atoms with Gasteiger partial charge >= 0.3 is 5.97 Å². The third kappa shape index (κ3) is 6.96. The van der Waals surface area contributed by atoms with Crippen LogP contribution in [-0.2, 0) is 19.6 Å². The molecule has 0 radical (unpaired) electrons. The van der Waals surface area contributed by atoms with Gasteiger partial charge < -0.3 is 9.47 Å². The highest BCUT2D eigenvalue weighted by molar-refractivity contribution is 7.89. The number of carbonyl (C=O) groups excluding carboxylic acids is 1. The second-order valence-electron chi connectivity index (χ2n) is 4.93. The van der Waals surface area contributed by atoms with E-state index in [1.165, 1.54) is 26.4 Å². The van der Waals surface area contributed by atoms with Gasteiger partial charge in [-0.25, -0.2) is 17.5 Å². The maximum absolute atomic E-state index is 13.5. The number of carbonyl (C=O) groups is 1. The lowest BCUT2D eigenvalue weighted by Crippen LogP contribution is -2.25. The quantitative estimate of drug-likeness (QED) is 0.517. The van der Waals surface area contributed by atoms with Crippen LogP contribution in [0, 0.1) is 0 Å². The molecular weight excluding hydrogens is 325 g/mol. The van der Waals surface area contributed by atoms with Crippen LogP contribution >= 0.6 is 0 Å². The Kier molecular flexibility index (Phi) is 7.97. The molecule has 1 atom stereocenters. The summed E-state index contributed by atoms with van der Waals surface area (Å²) in [6.45, 7) is 0.132. The standard InChI is InChI=1S/C15H22FNO5S/c1-21-13-6-8-14(9-7-13)23(19,20)17-11-3-4-12(16)5-10-15(18)22-2/h6-9,12,17H,3-5,10-11H2,1-2H3. The van der Waals surface area contributed by atoms with E-state index in [4.69, 9.17) is 4.74 Å². The molecule has 0 aliphatic heterocycles. The van der Waals surface area contributed by atoms with Crippen molar-refractivity contribution in [3.63, 3.8) is 0 Å². The van der Waals surface area contributed by atoms with Crippen molar-refractivity contribution in [2.24, 2.45) is 0 Å². The number of nitrogens with one attached hydrogen (secondary N) is 1. The maximum atomic E-state index is 13.5. The fourth-order valence-electron chi connectivity index (χ4n) is 1.89. The van der Waals surface area contributed by atoms with Gasteiger partial charge in [0.25, 0.3) is 0 Å². The Balaban J connectivity index is 2.34. The van der Waals surface area contributed by atoms with E-state index < -0.39 is 22.2 Å². The number of rotatable bonds is 10. The predicted molar refractivity (Wildman–Crippen MR) is 83.6 cm³/mol. The third-order valence-corrected chi connectivity index (χ3v) is 4.72. The van der Waals surface area contributed by atoms with Crippen molar-refractivity contribution in [1.29, 1.82) is 0 Å². The number of alkyl halides is 1. The van der Waals surface area contributed by atoms with E-state index >= 15 is 0 Å². The molecule has 0 aliphatic rings. The minimum absolute atomic E-state index is 0.0231. The van der Waals surface area contributed by atoms with Crippen molar-refractivity contribution in [3.05, 3.63) is 24.3 Å². The lowest BCUT2D eigenvalue weighted by atomic mass is 10.1. The average molecular weight is 347 g/mol. The first kappa shape index (κ1) is 19.4. The zero-order chi connectivity index (χ0) is 17.3. The summed E-state index contributed by atoms with van der Waals surface area (Å²) in [6, 6.07) is 5.99. The van der Waals surface area contributed by atoms with Gasteiger partial charge in [-0.15, -0.1) is 0 Å². The van der Waals surface area contributed by atoms with Crippen LogP contribution in [0.2, 0.25) is 0 Å². The van der Waals surface area contributed by atoms with Crippen LogP contribution in [0.25, 0.3) is 0 Å². The summed E-state index contributed by atoms with van der Waals surface area (Å²) in [5.41, 5.74) is 0. The Hall–Kier alpha value is -1.67. The molecule has 0 heterocycles. The second-order valence-corrected chi connectivity index (χ2v) is 6.69. The van der Waals surface area contributed by atoms with E-state index in [9.17, 15) is 17.6 Å². The summed E-state index contributed by atoms with van der Waals surface area (Å²) in [5, 5.41) is 0. The zero-order valence-electron chi connectivity index (χ0n) is 13.2. The number of methoxy groups -OCH3 is 2. The average Bonchev–Trinajstić information content (AvgIpc) is 2.56. The van der Waals surface area contributed by atoms with E-state index in [2.05, 4.69) is 9.46 Å². The van der Waals surface area contributed by atoms with Crippen LogP contribution in [0.1, 0.15) is 25.7 Å². The summed E-state index contributed by atoms with van der Waals surface area (Å²) < 4.78 is 49.4. The smallest absolute Gasteiger partial charge is 0.305 e. The van der Waals surface area contributed by atoms with Crippen LogP contribution < -0.4 is 9.46 Å². The number of sulfonamides is 1. The molecule has 1 N–H and O–H groups in total. The second kappa shape index (κ2) is 9.46. The van der Waals surface area contributed by atoms with Gasteiger partial charge in [0, 0.05) is 13.0 Å². The van der Waals surface area contributed by atoms with Crippen molar-refractivity contribution < 1.29 is 27.1 Å². The number of ether oxygens (including phenoxy) is 2. The van der Waals surface area contributed by atoms with Crippen LogP contribution in [0.5, 0.6) is 5.75 Å². The SMILES string of the molecule is COC(=O)CCC(F)CCCNS(=O)(=O)c1ccc(OC)cc1. The van der Waals surface area contributed by atoms with Gasteiger partial charge in [-0.05, 0) is 43.5 Å². The monoisotopic (exact) mass is 347 g/mol. The Morgan fingerprint density at radius 2 is 1.87 bits per heavy atom. The lowest BCUT2D eigenvalue weighted by Gasteiger charge is -2.09. The van der Waals surface area contributed by atoms with Crippen LogP contribution in [0.3, 0.4) is 0 Å². The molecule has 1 aromatic carbocycles. The predicted octanol–water partition coefficient (Wildman–Crippen LogP) is 2.04. The molecular formula is C15H22FNO5S. The lowest BCUT2D eigenvalue weighted by molar-refractivity contribution is -0.141. The molecule has 8 heteroatoms. The van der Waals surface area contributed by atoms with Gasteiger partial charge in [0.1, 0.15) is 11.9 Å². The highest BCUT2D eigenvalue weighted by Crippen LogP contribution is 2.15. The molecule has 0 saturated heterocycles. The number of hydrogen-bond donors (Lipinski definition) is 1. The van der Waals surface area contributed by atoms with E-state index in [1.54, 1.807) is 12.1 Å². The molecule has 0 spiro atoms. The molecule has 1 rings (SSSR count). The van der Waals surface area contributed by atoms with E-state index in [0.29, 0.717) is 12.2 Å². The van der Waals surface area contributed by atoms with Crippen molar-refractivity contribution in [3.8, 4) is 5.75 Å². The molecule has 0 aliphatic carbocycles. The number of hydrogen-bond acceptors (Lipinski definition) is 5. The van der Waals surface area contributed by atoms with Crippen molar-refractivity contribution in [2.75, 3.05) is 20.8 Å². The Morgan fingerprint density at radius 3 is 2.43 bits per heavy atom. The maximum Gasteiger partial charge on any atom is 0.305 e. The first-order valence-electron chi connectivity index (χ1n) is 7.23. The molecule has 1 unspecified atom stereocenters. The van der Waals surface area contributed by atoms with Gasteiger partial charge in [-0.2, -0.15) is 0 Å². The van der Waals surface area contributed by atoms with Crippen LogP contribution in [0.4, 0.5) is 4.39 Å². The summed E-state index contributed by atoms with van der Waals surface area (Å²) in [4.78, 5) is 11.0. The van der Waals surface area contributed by atoms with E-state index in [1.807, 2.05) is 0 Å². The topological polar surface area (TPSA) is 81.7 Å². The van der Waals surface area contributed by atoms with Crippen molar-refractivity contribution in [2.45, 2.75) is 36.8 Å². The fourth-order valence-corrected chi connectivity index (χ4v) is 2.96. The third-order valence-electron chi connectivity index (χ3n) is 3.25. The number of esters is 1. The Morgan fingerprint density at radius 1 is 1.22 bits per heavy atom. The highest BCUT2D eigenvalue weighted by atomic mass is 32.2. The van der Waals surface area contributed by atoms with E-state index in [-0.39, 0.29) is 30.7 Å². The van der Waals surface area contributed by atoms with Crippen LogP contribution in [0.15, 0.2) is 29.2 Å². The summed E-state index contributed by atoms with van der Waals surface area (Å²) >= 11 is 0. The molecule has 6 nitrogen and oxygen atoms in total. The fraction of sp³-hybridized carbons (Fsp3) is 0.533. The van der Waals surface area contributed by atoms with Crippen molar-refractivity contribution >= 4 is 16.0 Å². The number of halogens is 1. The first-order chi connectivity index (χ1) is 10.9. The molecule has 0 bridgehead atoms. The van der Waals surface area contributed by atoms with Gasteiger partial charge in [0.2, 0.25) is 10.0 Å². The first-order valence-corrected chi connectivity index (χ1v) is 8.72. The van der Waals surface area contributed by atoms with Gasteiger partial charge in [-0.3, -0.25) is 4.79 Å². The summed E-state index contributed by atoms with van der Waals surface area (Å²) in [6.07, 6.45) is -0.521. The molecule has 0 fully saturated rings. The van der Waals surface area contributed by atoms with Gasteiger partial charge in [-0.1, -0.05) is 0 Å². The van der Waals surface area contributed by atoms with Crippen molar-refractivity contribution in [1.82, 2.24) is 4.72 Å². The minimum Gasteiger partial charge on any atom is -0.497 e. The van der Waals surface area contributed by atoms with Crippen LogP contribution in [-0.4, -0.2) is 41.3 Å². The zero-order valence-corrected chi connectivity index (χ0v) is 14.1. The summed E-state index contributed by atoms with van der Waals surface area (Å²) in [7, 11) is -0.866. The van der Waals surface area contributed by atoms with Gasteiger partial charge in [0.05, 0.1) is 19.1 Å². The number of benzene rings is 1. The molecule has 0 saturated carbocycles.